The molecule has 1 saturated heterocycles. The van der Waals surface area contributed by atoms with Crippen LogP contribution in [0.1, 0.15) is 44.5 Å². The molecule has 3 aromatic heterocycles. The average Bonchev–Trinajstić information content (AvgIpc) is 3.18. The first-order chi connectivity index (χ1) is 15.1. The summed E-state index contributed by atoms with van der Waals surface area (Å²) in [5, 5.41) is 8.26. The van der Waals surface area contributed by atoms with Crippen molar-refractivity contribution in [2.24, 2.45) is 0 Å². The van der Waals surface area contributed by atoms with E-state index < -0.39 is 0 Å². The molecule has 3 aromatic rings. The summed E-state index contributed by atoms with van der Waals surface area (Å²) in [4.78, 5) is 15.7. The number of pyridine rings is 1. The first-order valence-corrected chi connectivity index (χ1v) is 11.5. The Kier molecular flexibility index (Phi) is 18.0. The summed E-state index contributed by atoms with van der Waals surface area (Å²) in [5.74, 6) is 2.74. The number of halogens is 4. The second-order valence-electron chi connectivity index (χ2n) is 8.09. The van der Waals surface area contributed by atoms with Gasteiger partial charge in [0.15, 0.2) is 5.82 Å². The Balaban J connectivity index is 0. The third kappa shape index (κ3) is 9.66. The summed E-state index contributed by atoms with van der Waals surface area (Å²) in [6, 6.07) is 6.22. The number of fused-ring (bicyclic) bond motifs is 1. The number of hydrogen-bond donors (Lipinski definition) is 1. The van der Waals surface area contributed by atoms with Crippen LogP contribution in [-0.2, 0) is 13.0 Å². The Hall–Kier alpha value is -1.66. The van der Waals surface area contributed by atoms with E-state index in [2.05, 4.69) is 39.0 Å². The number of piperazine rings is 1. The minimum absolute atomic E-state index is 0. The van der Waals surface area contributed by atoms with Gasteiger partial charge >= 0.3 is 0 Å². The summed E-state index contributed by atoms with van der Waals surface area (Å²) in [7, 11) is 0. The molecular formula is C22H37Cl4N7O3. The Labute approximate surface area is 235 Å². The molecule has 0 amide bonds. The highest BCUT2D eigenvalue weighted by Crippen LogP contribution is 2.23. The Bertz CT molecular complexity index is 1000. The van der Waals surface area contributed by atoms with E-state index in [0.717, 1.165) is 56.1 Å². The molecule has 10 nitrogen and oxygen atoms in total. The van der Waals surface area contributed by atoms with Crippen molar-refractivity contribution in [3.05, 3.63) is 42.0 Å². The number of aromatic nitrogens is 5. The number of anilines is 1. The smallest absolute Gasteiger partial charge is 0.257 e. The maximum atomic E-state index is 6.52. The van der Waals surface area contributed by atoms with Gasteiger partial charge in [0.05, 0.1) is 0 Å². The normalized spacial score (nSPS) is 15.3. The lowest BCUT2D eigenvalue weighted by atomic mass is 10.1. The van der Waals surface area contributed by atoms with Gasteiger partial charge in [0.25, 0.3) is 5.78 Å². The first kappa shape index (κ1) is 36.5. The number of rotatable bonds is 9. The van der Waals surface area contributed by atoms with Crippen molar-refractivity contribution in [2.45, 2.75) is 57.6 Å². The zero-order valence-corrected chi connectivity index (χ0v) is 23.6. The van der Waals surface area contributed by atoms with Gasteiger partial charge < -0.3 is 25.9 Å². The number of nitrogens with one attached hydrogen (secondary N) is 1. The molecule has 0 spiro atoms. The fourth-order valence-corrected chi connectivity index (χ4v) is 4.06. The van der Waals surface area contributed by atoms with Crippen LogP contribution < -0.4 is 15.0 Å². The maximum Gasteiger partial charge on any atom is 0.257 e. The minimum atomic E-state index is 0. The molecule has 1 fully saturated rings. The highest BCUT2D eigenvalue weighted by molar-refractivity contribution is 6.20. The van der Waals surface area contributed by atoms with E-state index in [4.69, 9.17) is 21.4 Å². The standard InChI is InChI=1S/C22H30ClN7O.3ClH.2H2O/c1-3-4-7-18(23)11-19-26-22-27-20(31-15-17-6-5-8-24-13-17)12-21(30(22)28-19)29-10-9-25-16(2)14-29;;;;;/h5-6,8,12-13,16,18,25H,3-4,7,9-11,14-15H2,1-2H3;3*1H;2*1H2. The molecule has 2 atom stereocenters. The van der Waals surface area contributed by atoms with Gasteiger partial charge in [0, 0.05) is 61.5 Å². The minimum Gasteiger partial charge on any atom is -0.473 e. The number of unbranched alkanes of at least 4 members (excludes halogenated alkanes) is 1. The predicted octanol–water partition coefficient (Wildman–Crippen LogP) is 2.85. The van der Waals surface area contributed by atoms with Crippen LogP contribution in [0.15, 0.2) is 30.6 Å². The summed E-state index contributed by atoms with van der Waals surface area (Å²) >= 11 is 6.52. The average molecular weight is 589 g/mol. The predicted molar refractivity (Wildman–Crippen MR) is 151 cm³/mol. The molecule has 1 aliphatic rings. The lowest BCUT2D eigenvalue weighted by Crippen LogP contribution is -2.49. The van der Waals surface area contributed by atoms with E-state index in [1.54, 1.807) is 12.4 Å². The molecule has 14 heteroatoms. The quantitative estimate of drug-likeness (QED) is 0.378. The van der Waals surface area contributed by atoms with Crippen LogP contribution in [0.2, 0.25) is 0 Å². The fourth-order valence-electron chi connectivity index (χ4n) is 3.77. The second kappa shape index (κ2) is 17.7. The van der Waals surface area contributed by atoms with Gasteiger partial charge in [-0.15, -0.1) is 53.9 Å². The number of hydrogen-bond acceptors (Lipinski definition) is 7. The zero-order chi connectivity index (χ0) is 21.6. The monoisotopic (exact) mass is 587 g/mol. The summed E-state index contributed by atoms with van der Waals surface area (Å²) in [6.45, 7) is 7.43. The largest absolute Gasteiger partial charge is 0.473 e. The van der Waals surface area contributed by atoms with E-state index in [1.807, 2.05) is 22.7 Å². The van der Waals surface area contributed by atoms with Gasteiger partial charge in [-0.05, 0) is 19.4 Å². The van der Waals surface area contributed by atoms with Gasteiger partial charge in [-0.3, -0.25) is 4.98 Å². The Morgan fingerprint density at radius 3 is 2.67 bits per heavy atom. The van der Waals surface area contributed by atoms with Crippen molar-refractivity contribution in [3.8, 4) is 5.88 Å². The van der Waals surface area contributed by atoms with Gasteiger partial charge in [0.1, 0.15) is 12.4 Å². The van der Waals surface area contributed by atoms with E-state index in [1.165, 1.54) is 0 Å². The number of alkyl halides is 1. The van der Waals surface area contributed by atoms with Crippen molar-refractivity contribution in [1.82, 2.24) is 29.9 Å². The van der Waals surface area contributed by atoms with Crippen molar-refractivity contribution >= 4 is 60.4 Å². The SMILES string of the molecule is CCCCC(Cl)Cc1nc2nc(OCc3cccnc3)cc(N3CCNC(C)C3)n2n1.Cl.Cl.Cl.O.O. The Morgan fingerprint density at radius 2 is 2.00 bits per heavy atom. The molecule has 0 bridgehead atoms. The van der Waals surface area contributed by atoms with Crippen LogP contribution in [0.4, 0.5) is 5.82 Å². The molecule has 2 unspecified atom stereocenters. The molecule has 36 heavy (non-hydrogen) atoms. The zero-order valence-electron chi connectivity index (χ0n) is 20.4. The van der Waals surface area contributed by atoms with Crippen molar-refractivity contribution < 1.29 is 15.7 Å². The molecule has 4 heterocycles. The van der Waals surface area contributed by atoms with Gasteiger partial charge in [0.2, 0.25) is 5.88 Å². The highest BCUT2D eigenvalue weighted by atomic mass is 35.5. The summed E-state index contributed by atoms with van der Waals surface area (Å²) < 4.78 is 7.83. The van der Waals surface area contributed by atoms with Crippen LogP contribution >= 0.6 is 48.8 Å². The topological polar surface area (TPSA) is 143 Å². The molecule has 0 radical (unpaired) electrons. The van der Waals surface area contributed by atoms with E-state index in [9.17, 15) is 0 Å². The van der Waals surface area contributed by atoms with E-state index in [-0.39, 0.29) is 53.6 Å². The van der Waals surface area contributed by atoms with Gasteiger partial charge in [-0.1, -0.05) is 25.8 Å². The van der Waals surface area contributed by atoms with E-state index in [0.29, 0.717) is 30.7 Å². The molecular weight excluding hydrogens is 552 g/mol. The molecule has 206 valence electrons. The van der Waals surface area contributed by atoms with Crippen LogP contribution in [0.25, 0.3) is 5.78 Å². The van der Waals surface area contributed by atoms with Crippen molar-refractivity contribution in [3.63, 3.8) is 0 Å². The highest BCUT2D eigenvalue weighted by Gasteiger charge is 2.22. The molecule has 0 aliphatic carbocycles. The Morgan fingerprint density at radius 1 is 1.22 bits per heavy atom. The summed E-state index contributed by atoms with van der Waals surface area (Å²) in [6.07, 6.45) is 7.38. The third-order valence-corrected chi connectivity index (χ3v) is 5.76. The molecule has 4 rings (SSSR count). The molecule has 1 aliphatic heterocycles. The van der Waals surface area contributed by atoms with Gasteiger partial charge in [-0.25, -0.2) is 0 Å². The first-order valence-electron chi connectivity index (χ1n) is 11.0. The molecule has 0 saturated carbocycles. The number of nitrogens with zero attached hydrogens (tertiary/aromatic N) is 6. The molecule has 0 aromatic carbocycles. The lowest BCUT2D eigenvalue weighted by Gasteiger charge is -2.33. The van der Waals surface area contributed by atoms with Crippen molar-refractivity contribution in [2.75, 3.05) is 24.5 Å². The number of ether oxygens (including phenoxy) is 1. The lowest BCUT2D eigenvalue weighted by molar-refractivity contribution is 0.293. The van der Waals surface area contributed by atoms with Crippen molar-refractivity contribution in [1.29, 1.82) is 0 Å². The van der Waals surface area contributed by atoms with Crippen LogP contribution in [-0.4, -0.2) is 66.6 Å². The molecule has 5 N–H and O–H groups in total. The fraction of sp³-hybridized carbons (Fsp3) is 0.545. The van der Waals surface area contributed by atoms with Gasteiger partial charge in [-0.2, -0.15) is 14.5 Å². The van der Waals surface area contributed by atoms with Crippen LogP contribution in [0.5, 0.6) is 5.88 Å². The van der Waals surface area contributed by atoms with Crippen LogP contribution in [0, 0.1) is 0 Å². The third-order valence-electron chi connectivity index (χ3n) is 5.39. The maximum absolute atomic E-state index is 6.52. The van der Waals surface area contributed by atoms with Crippen LogP contribution in [0.3, 0.4) is 0 Å². The summed E-state index contributed by atoms with van der Waals surface area (Å²) in [5.41, 5.74) is 0.990. The van der Waals surface area contributed by atoms with E-state index >= 15 is 0 Å². The second-order valence-corrected chi connectivity index (χ2v) is 8.70.